The molecule has 27 heavy (non-hydrogen) atoms. The van der Waals surface area contributed by atoms with Gasteiger partial charge in [-0.1, -0.05) is 11.6 Å². The van der Waals surface area contributed by atoms with E-state index < -0.39 is 11.9 Å². The van der Waals surface area contributed by atoms with E-state index in [2.05, 4.69) is 4.74 Å². The first-order valence-corrected chi connectivity index (χ1v) is 8.89. The van der Waals surface area contributed by atoms with Gasteiger partial charge in [-0.25, -0.2) is 9.59 Å². The standard InChI is InChI=1S/C20H19ClO6/c1-24-20(23)17-11-14(21)6-9-18(17)27-19(22)13-4-7-15(8-5-13)26-12-16-3-2-10-25-16/h4-9,11,16H,2-3,10,12H2,1H3. The Labute approximate surface area is 161 Å². The van der Waals surface area contributed by atoms with Crippen molar-refractivity contribution in [3.63, 3.8) is 0 Å². The molecule has 1 fully saturated rings. The van der Waals surface area contributed by atoms with Crippen molar-refractivity contribution in [2.45, 2.75) is 18.9 Å². The number of ether oxygens (including phenoxy) is 4. The van der Waals surface area contributed by atoms with E-state index in [4.69, 9.17) is 25.8 Å². The number of hydrogen-bond acceptors (Lipinski definition) is 6. The maximum absolute atomic E-state index is 12.4. The van der Waals surface area contributed by atoms with E-state index in [-0.39, 0.29) is 17.4 Å². The van der Waals surface area contributed by atoms with Crippen LogP contribution in [0.3, 0.4) is 0 Å². The molecule has 2 aromatic rings. The second-order valence-corrected chi connectivity index (χ2v) is 6.43. The van der Waals surface area contributed by atoms with E-state index in [0.717, 1.165) is 19.4 Å². The van der Waals surface area contributed by atoms with Crippen molar-refractivity contribution in [2.75, 3.05) is 20.3 Å². The summed E-state index contributed by atoms with van der Waals surface area (Å²) in [6, 6.07) is 10.9. The van der Waals surface area contributed by atoms with Gasteiger partial charge in [-0.3, -0.25) is 0 Å². The van der Waals surface area contributed by atoms with E-state index in [1.54, 1.807) is 24.3 Å². The highest BCUT2D eigenvalue weighted by Crippen LogP contribution is 2.25. The molecule has 1 atom stereocenters. The third kappa shape index (κ3) is 4.99. The van der Waals surface area contributed by atoms with Gasteiger partial charge in [0.1, 0.15) is 23.7 Å². The minimum atomic E-state index is -0.641. The molecular weight excluding hydrogens is 372 g/mol. The van der Waals surface area contributed by atoms with Crippen LogP contribution in [0.1, 0.15) is 33.6 Å². The molecule has 7 heteroatoms. The molecule has 0 radical (unpaired) electrons. The Morgan fingerprint density at radius 3 is 2.59 bits per heavy atom. The van der Waals surface area contributed by atoms with E-state index in [1.807, 2.05) is 0 Å². The minimum Gasteiger partial charge on any atom is -0.491 e. The van der Waals surface area contributed by atoms with Crippen LogP contribution in [0.25, 0.3) is 0 Å². The lowest BCUT2D eigenvalue weighted by atomic mass is 10.2. The molecule has 0 aromatic heterocycles. The average molecular weight is 391 g/mol. The quantitative estimate of drug-likeness (QED) is 0.550. The molecule has 1 aliphatic rings. The van der Waals surface area contributed by atoms with Gasteiger partial charge in [-0.15, -0.1) is 0 Å². The molecule has 1 saturated heterocycles. The highest BCUT2D eigenvalue weighted by Gasteiger charge is 2.18. The average Bonchev–Trinajstić information content (AvgIpc) is 3.21. The number of hydrogen-bond donors (Lipinski definition) is 0. The lowest BCUT2D eigenvalue weighted by Gasteiger charge is -2.12. The molecule has 3 rings (SSSR count). The Morgan fingerprint density at radius 2 is 1.93 bits per heavy atom. The number of halogens is 1. The summed E-state index contributed by atoms with van der Waals surface area (Å²) in [5, 5.41) is 0.336. The van der Waals surface area contributed by atoms with Crippen LogP contribution in [-0.2, 0) is 9.47 Å². The van der Waals surface area contributed by atoms with Gasteiger partial charge in [0.05, 0.1) is 18.8 Å². The predicted molar refractivity (Wildman–Crippen MR) is 98.7 cm³/mol. The third-order valence-corrected chi connectivity index (χ3v) is 4.33. The van der Waals surface area contributed by atoms with Crippen LogP contribution in [0.4, 0.5) is 0 Å². The van der Waals surface area contributed by atoms with Crippen molar-refractivity contribution >= 4 is 23.5 Å². The Morgan fingerprint density at radius 1 is 1.15 bits per heavy atom. The van der Waals surface area contributed by atoms with Crippen LogP contribution in [-0.4, -0.2) is 38.4 Å². The highest BCUT2D eigenvalue weighted by molar-refractivity contribution is 6.31. The van der Waals surface area contributed by atoms with Crippen molar-refractivity contribution in [2.24, 2.45) is 0 Å². The van der Waals surface area contributed by atoms with Crippen molar-refractivity contribution in [3.8, 4) is 11.5 Å². The van der Waals surface area contributed by atoms with Gasteiger partial charge in [0.15, 0.2) is 0 Å². The van der Waals surface area contributed by atoms with Crippen molar-refractivity contribution in [3.05, 3.63) is 58.6 Å². The molecule has 0 saturated carbocycles. The summed E-state index contributed by atoms with van der Waals surface area (Å²) in [4.78, 5) is 24.2. The molecule has 0 N–H and O–H groups in total. The number of esters is 2. The van der Waals surface area contributed by atoms with Gasteiger partial charge in [0.2, 0.25) is 0 Å². The summed E-state index contributed by atoms with van der Waals surface area (Å²) in [6.07, 6.45) is 2.17. The van der Waals surface area contributed by atoms with Crippen molar-refractivity contribution in [1.29, 1.82) is 0 Å². The smallest absolute Gasteiger partial charge is 0.343 e. The van der Waals surface area contributed by atoms with E-state index in [1.165, 1.54) is 25.3 Å². The lowest BCUT2D eigenvalue weighted by Crippen LogP contribution is -2.16. The topological polar surface area (TPSA) is 71.1 Å². The second-order valence-electron chi connectivity index (χ2n) is 5.99. The monoisotopic (exact) mass is 390 g/mol. The zero-order chi connectivity index (χ0) is 19.2. The third-order valence-electron chi connectivity index (χ3n) is 4.10. The van der Waals surface area contributed by atoms with Crippen molar-refractivity contribution in [1.82, 2.24) is 0 Å². The fourth-order valence-electron chi connectivity index (χ4n) is 2.67. The van der Waals surface area contributed by atoms with Crippen LogP contribution in [0.2, 0.25) is 5.02 Å². The van der Waals surface area contributed by atoms with Crippen LogP contribution < -0.4 is 9.47 Å². The number of benzene rings is 2. The normalized spacial score (nSPS) is 16.0. The van der Waals surface area contributed by atoms with Crippen molar-refractivity contribution < 1.29 is 28.5 Å². The first-order valence-electron chi connectivity index (χ1n) is 8.51. The molecule has 0 amide bonds. The number of methoxy groups -OCH3 is 1. The fourth-order valence-corrected chi connectivity index (χ4v) is 2.84. The first kappa shape index (κ1) is 19.2. The number of rotatable bonds is 6. The first-order chi connectivity index (χ1) is 13.1. The number of carbonyl (C=O) groups excluding carboxylic acids is 2. The van der Waals surface area contributed by atoms with Crippen LogP contribution in [0, 0.1) is 0 Å². The molecule has 1 aliphatic heterocycles. The molecular formula is C20H19ClO6. The molecule has 6 nitrogen and oxygen atoms in total. The van der Waals surface area contributed by atoms with Gasteiger partial charge in [-0.2, -0.15) is 0 Å². The van der Waals surface area contributed by atoms with E-state index in [9.17, 15) is 9.59 Å². The Hall–Kier alpha value is -2.57. The molecule has 2 aromatic carbocycles. The highest BCUT2D eigenvalue weighted by atomic mass is 35.5. The minimum absolute atomic E-state index is 0.0786. The van der Waals surface area contributed by atoms with Crippen LogP contribution in [0.15, 0.2) is 42.5 Å². The summed E-state index contributed by atoms with van der Waals surface area (Å²) in [6.45, 7) is 1.26. The summed E-state index contributed by atoms with van der Waals surface area (Å²) in [5.41, 5.74) is 0.403. The molecule has 0 spiro atoms. The zero-order valence-electron chi connectivity index (χ0n) is 14.8. The van der Waals surface area contributed by atoms with Gasteiger partial charge < -0.3 is 18.9 Å². The van der Waals surface area contributed by atoms with Crippen LogP contribution >= 0.6 is 11.6 Å². The SMILES string of the molecule is COC(=O)c1cc(Cl)ccc1OC(=O)c1ccc(OCC2CCCO2)cc1. The van der Waals surface area contributed by atoms with Gasteiger partial charge in [0, 0.05) is 11.6 Å². The maximum Gasteiger partial charge on any atom is 0.343 e. The lowest BCUT2D eigenvalue weighted by molar-refractivity contribution is 0.0593. The zero-order valence-corrected chi connectivity index (χ0v) is 15.5. The second kappa shape index (κ2) is 8.88. The molecule has 142 valence electrons. The molecule has 0 bridgehead atoms. The Kier molecular flexibility index (Phi) is 6.32. The largest absolute Gasteiger partial charge is 0.491 e. The Balaban J connectivity index is 1.65. The van der Waals surface area contributed by atoms with Gasteiger partial charge in [0.25, 0.3) is 0 Å². The number of carbonyl (C=O) groups is 2. The fraction of sp³-hybridized carbons (Fsp3) is 0.300. The maximum atomic E-state index is 12.4. The van der Waals surface area contributed by atoms with Gasteiger partial charge >= 0.3 is 11.9 Å². The van der Waals surface area contributed by atoms with E-state index >= 15 is 0 Å². The summed E-state index contributed by atoms with van der Waals surface area (Å²) in [5.74, 6) is -0.523. The summed E-state index contributed by atoms with van der Waals surface area (Å²) >= 11 is 5.89. The molecule has 1 unspecified atom stereocenters. The van der Waals surface area contributed by atoms with Gasteiger partial charge in [-0.05, 0) is 55.3 Å². The molecule has 1 heterocycles. The predicted octanol–water partition coefficient (Wildman–Crippen LogP) is 3.90. The van der Waals surface area contributed by atoms with Crippen LogP contribution in [0.5, 0.6) is 11.5 Å². The summed E-state index contributed by atoms with van der Waals surface area (Å²) < 4.78 is 21.2. The Bertz CT molecular complexity index is 812. The van der Waals surface area contributed by atoms with E-state index in [0.29, 0.717) is 22.9 Å². The molecule has 0 aliphatic carbocycles. The summed E-state index contributed by atoms with van der Waals surface area (Å²) in [7, 11) is 1.24.